The quantitative estimate of drug-likeness (QED) is 0.587. The van der Waals surface area contributed by atoms with E-state index in [1.165, 1.54) is 17.6 Å². The van der Waals surface area contributed by atoms with Gasteiger partial charge in [-0.15, -0.1) is 0 Å². The molecule has 0 aromatic rings. The maximum atomic E-state index is 2.35. The molecule has 0 radical (unpaired) electrons. The molecule has 1 saturated carbocycles. The average Bonchev–Trinajstić information content (AvgIpc) is 2.30. The van der Waals surface area contributed by atoms with Crippen molar-refractivity contribution in [2.45, 2.75) is 27.2 Å². The van der Waals surface area contributed by atoms with E-state index < -0.39 is 0 Å². The summed E-state index contributed by atoms with van der Waals surface area (Å²) >= 11 is 0. The van der Waals surface area contributed by atoms with Crippen molar-refractivity contribution in [1.82, 2.24) is 0 Å². The van der Waals surface area contributed by atoms with Gasteiger partial charge in [0.1, 0.15) is 0 Å². The predicted octanol–water partition coefficient (Wildman–Crippen LogP) is 4.59. The third-order valence-corrected chi connectivity index (χ3v) is 3.74. The second kappa shape index (κ2) is 4.29. The van der Waals surface area contributed by atoms with Crippen LogP contribution in [0.2, 0.25) is 0 Å². The largest absolute Gasteiger partial charge is 0.0908 e. The zero-order chi connectivity index (χ0) is 11.6. The van der Waals surface area contributed by atoms with Gasteiger partial charge in [0, 0.05) is 11.3 Å². The molecule has 0 heterocycles. The van der Waals surface area contributed by atoms with Crippen LogP contribution in [0.25, 0.3) is 0 Å². The van der Waals surface area contributed by atoms with Crippen LogP contribution in [0.15, 0.2) is 59.8 Å². The lowest BCUT2D eigenvalue weighted by atomic mass is 9.52. The summed E-state index contributed by atoms with van der Waals surface area (Å²) < 4.78 is 0. The summed E-state index contributed by atoms with van der Waals surface area (Å²) in [5.41, 5.74) is 3.25. The zero-order valence-electron chi connectivity index (χ0n) is 10.4. The third kappa shape index (κ3) is 1.53. The molecule has 0 spiro atoms. The zero-order valence-corrected chi connectivity index (χ0v) is 10.4. The molecule has 0 saturated heterocycles. The molecule has 16 heavy (non-hydrogen) atoms. The summed E-state index contributed by atoms with van der Waals surface area (Å²) in [6.45, 7) is 6.53. The van der Waals surface area contributed by atoms with E-state index in [0.717, 1.165) is 0 Å². The van der Waals surface area contributed by atoms with E-state index in [9.17, 15) is 0 Å². The maximum Gasteiger partial charge on any atom is 0.0178 e. The van der Waals surface area contributed by atoms with Crippen molar-refractivity contribution in [1.29, 1.82) is 0 Å². The second-order valence-electron chi connectivity index (χ2n) is 4.73. The summed E-state index contributed by atoms with van der Waals surface area (Å²) in [6.07, 6.45) is 19.0. The Labute approximate surface area is 98.8 Å². The fourth-order valence-corrected chi connectivity index (χ4v) is 2.92. The molecule has 2 unspecified atom stereocenters. The first kappa shape index (κ1) is 11.2. The molecule has 0 aromatic heterocycles. The Morgan fingerprint density at radius 1 is 1.31 bits per heavy atom. The molecule has 0 heteroatoms. The molecule has 0 amide bonds. The molecule has 1 fully saturated rings. The monoisotopic (exact) mass is 212 g/mol. The van der Waals surface area contributed by atoms with E-state index in [0.29, 0.717) is 5.92 Å². The molecule has 2 aliphatic rings. The Hall–Kier alpha value is -1.30. The van der Waals surface area contributed by atoms with Crippen LogP contribution in [0, 0.1) is 11.3 Å². The standard InChI is InChI=1S/C16H20/c1-4-6-10-14-13-9-7-8-11-15(13)16(14,3)12-5-2/h4-10,12,15H,11H2,1-3H3/b6-4-,12-5?,14-10?. The summed E-state index contributed by atoms with van der Waals surface area (Å²) in [6, 6.07) is 0. The first-order valence-corrected chi connectivity index (χ1v) is 6.08. The van der Waals surface area contributed by atoms with Crippen LogP contribution in [-0.4, -0.2) is 0 Å². The Morgan fingerprint density at radius 2 is 2.12 bits per heavy atom. The minimum Gasteiger partial charge on any atom is -0.0908 e. The molecule has 0 aromatic carbocycles. The van der Waals surface area contributed by atoms with Gasteiger partial charge in [0.2, 0.25) is 0 Å². The van der Waals surface area contributed by atoms with Crippen LogP contribution in [-0.2, 0) is 0 Å². The lowest BCUT2D eigenvalue weighted by Gasteiger charge is -2.51. The minimum atomic E-state index is 0.241. The molecule has 2 atom stereocenters. The van der Waals surface area contributed by atoms with Crippen molar-refractivity contribution in [3.05, 3.63) is 59.8 Å². The number of hydrogen-bond acceptors (Lipinski definition) is 0. The fraction of sp³-hybridized carbons (Fsp3) is 0.375. The SMILES string of the molecule is CC=CC1(C)C(=C/C=C\C)C2=CC=CCC21. The summed E-state index contributed by atoms with van der Waals surface area (Å²) in [5.74, 6) is 0.685. The predicted molar refractivity (Wildman–Crippen MR) is 71.1 cm³/mol. The van der Waals surface area contributed by atoms with Gasteiger partial charge >= 0.3 is 0 Å². The van der Waals surface area contributed by atoms with Crippen LogP contribution in [0.3, 0.4) is 0 Å². The smallest absolute Gasteiger partial charge is 0.0178 e. The summed E-state index contributed by atoms with van der Waals surface area (Å²) in [4.78, 5) is 0. The number of allylic oxidation sites excluding steroid dienone is 10. The highest BCUT2D eigenvalue weighted by Crippen LogP contribution is 2.58. The molecule has 0 nitrogen and oxygen atoms in total. The number of hydrogen-bond donors (Lipinski definition) is 0. The van der Waals surface area contributed by atoms with Gasteiger partial charge < -0.3 is 0 Å². The lowest BCUT2D eigenvalue weighted by Crippen LogP contribution is -2.41. The highest BCUT2D eigenvalue weighted by atomic mass is 14.5. The van der Waals surface area contributed by atoms with Gasteiger partial charge in [0.15, 0.2) is 0 Å². The Bertz CT molecular complexity index is 415. The van der Waals surface area contributed by atoms with Crippen LogP contribution in [0.1, 0.15) is 27.2 Å². The molecule has 2 rings (SSSR count). The van der Waals surface area contributed by atoms with Crippen LogP contribution in [0.5, 0.6) is 0 Å². The Morgan fingerprint density at radius 3 is 2.81 bits per heavy atom. The molecule has 0 aliphatic heterocycles. The van der Waals surface area contributed by atoms with E-state index in [4.69, 9.17) is 0 Å². The van der Waals surface area contributed by atoms with E-state index >= 15 is 0 Å². The Kier molecular flexibility index (Phi) is 3.00. The van der Waals surface area contributed by atoms with Crippen LogP contribution >= 0.6 is 0 Å². The van der Waals surface area contributed by atoms with Gasteiger partial charge in [-0.05, 0) is 31.4 Å². The van der Waals surface area contributed by atoms with Gasteiger partial charge in [-0.2, -0.15) is 0 Å². The maximum absolute atomic E-state index is 2.35. The van der Waals surface area contributed by atoms with Crippen molar-refractivity contribution in [2.24, 2.45) is 11.3 Å². The minimum absolute atomic E-state index is 0.241. The molecular formula is C16H20. The van der Waals surface area contributed by atoms with E-state index in [2.05, 4.69) is 69.4 Å². The molecule has 0 N–H and O–H groups in total. The molecule has 0 bridgehead atoms. The van der Waals surface area contributed by atoms with Crippen LogP contribution in [0.4, 0.5) is 0 Å². The first-order chi connectivity index (χ1) is 7.74. The van der Waals surface area contributed by atoms with Gasteiger partial charge in [-0.1, -0.05) is 55.5 Å². The van der Waals surface area contributed by atoms with Crippen molar-refractivity contribution in [2.75, 3.05) is 0 Å². The summed E-state index contributed by atoms with van der Waals surface area (Å²) in [5, 5.41) is 0. The highest BCUT2D eigenvalue weighted by molar-refractivity contribution is 5.57. The first-order valence-electron chi connectivity index (χ1n) is 6.08. The van der Waals surface area contributed by atoms with Gasteiger partial charge in [-0.25, -0.2) is 0 Å². The van der Waals surface area contributed by atoms with Crippen molar-refractivity contribution < 1.29 is 0 Å². The van der Waals surface area contributed by atoms with E-state index in [1.807, 2.05) is 0 Å². The van der Waals surface area contributed by atoms with Crippen LogP contribution < -0.4 is 0 Å². The average molecular weight is 212 g/mol. The lowest BCUT2D eigenvalue weighted by molar-refractivity contribution is 0.284. The second-order valence-corrected chi connectivity index (χ2v) is 4.73. The highest BCUT2D eigenvalue weighted by Gasteiger charge is 2.48. The number of fused-ring (bicyclic) bond motifs is 1. The topological polar surface area (TPSA) is 0 Å². The van der Waals surface area contributed by atoms with Gasteiger partial charge in [0.05, 0.1) is 0 Å². The molecular weight excluding hydrogens is 192 g/mol. The third-order valence-electron chi connectivity index (χ3n) is 3.74. The fourth-order valence-electron chi connectivity index (χ4n) is 2.92. The van der Waals surface area contributed by atoms with Crippen molar-refractivity contribution in [3.63, 3.8) is 0 Å². The molecule has 84 valence electrons. The van der Waals surface area contributed by atoms with Gasteiger partial charge in [-0.3, -0.25) is 0 Å². The van der Waals surface area contributed by atoms with E-state index in [1.54, 1.807) is 0 Å². The van der Waals surface area contributed by atoms with Crippen molar-refractivity contribution in [3.8, 4) is 0 Å². The Balaban J connectivity index is 2.39. The normalized spacial score (nSPS) is 35.6. The van der Waals surface area contributed by atoms with Gasteiger partial charge in [0.25, 0.3) is 0 Å². The summed E-state index contributed by atoms with van der Waals surface area (Å²) in [7, 11) is 0. The van der Waals surface area contributed by atoms with Crippen molar-refractivity contribution >= 4 is 0 Å². The number of rotatable bonds is 2. The molecule has 2 aliphatic carbocycles. The van der Waals surface area contributed by atoms with E-state index in [-0.39, 0.29) is 5.41 Å².